The molecular formula is C93H112BF9O14. The molecule has 0 bridgehead atoms. The molecule has 3 atom stereocenters. The van der Waals surface area contributed by atoms with Gasteiger partial charge in [0, 0.05) is 16.7 Å². The zero-order valence-corrected chi connectivity index (χ0v) is 70.2. The molecule has 117 heavy (non-hydrogen) atoms. The fourth-order valence-electron chi connectivity index (χ4n) is 15.8. The molecule has 0 spiro atoms. The van der Waals surface area contributed by atoms with Crippen LogP contribution in [0.5, 0.6) is 17.2 Å². The van der Waals surface area contributed by atoms with Crippen molar-refractivity contribution in [2.75, 3.05) is 34.0 Å². The third-order valence-corrected chi connectivity index (χ3v) is 21.9. The van der Waals surface area contributed by atoms with Crippen molar-refractivity contribution >= 4 is 36.2 Å². The van der Waals surface area contributed by atoms with E-state index in [-0.39, 0.29) is 40.6 Å². The number of allylic oxidation sites excluding steroid dienone is 6. The van der Waals surface area contributed by atoms with Crippen molar-refractivity contribution in [3.8, 4) is 50.6 Å². The van der Waals surface area contributed by atoms with E-state index in [0.29, 0.717) is 70.1 Å². The van der Waals surface area contributed by atoms with E-state index in [1.54, 1.807) is 106 Å². The first-order valence-corrected chi connectivity index (χ1v) is 40.6. The average molecular weight is 1640 g/mol. The molecule has 0 saturated carbocycles. The van der Waals surface area contributed by atoms with Gasteiger partial charge in [-0.2, -0.15) is 39.5 Å². The summed E-state index contributed by atoms with van der Waals surface area (Å²) < 4.78 is 185. The van der Waals surface area contributed by atoms with Gasteiger partial charge in [-0.05, 0) is 350 Å². The van der Waals surface area contributed by atoms with Gasteiger partial charge in [-0.1, -0.05) is 54.6 Å². The molecule has 0 amide bonds. The van der Waals surface area contributed by atoms with Crippen LogP contribution in [0.15, 0.2) is 115 Å². The highest BCUT2D eigenvalue weighted by molar-refractivity contribution is 6.54. The number of esters is 2. The van der Waals surface area contributed by atoms with Gasteiger partial charge in [0.05, 0.1) is 78.7 Å². The normalized spacial score (nSPS) is 18.1. The van der Waals surface area contributed by atoms with E-state index in [1.807, 2.05) is 24.3 Å². The number of benzene rings is 6. The molecule has 13 rings (SSSR count). The zero-order valence-electron chi connectivity index (χ0n) is 70.2. The third kappa shape index (κ3) is 22.6. The lowest BCUT2D eigenvalue weighted by atomic mass is 9.73. The molecule has 14 nitrogen and oxygen atoms in total. The number of fused-ring (bicyclic) bond motifs is 3. The maximum atomic E-state index is 14.5. The second-order valence-electron chi connectivity index (χ2n) is 34.7. The number of carboxylic acids is 1. The number of rotatable bonds is 15. The third-order valence-electron chi connectivity index (χ3n) is 21.9. The molecule has 0 aromatic heterocycles. The maximum Gasteiger partial charge on any atom is 0.490 e. The molecule has 1 fully saturated rings. The molecular weight excluding hydrogens is 1520 g/mol. The molecule has 0 radical (unpaired) electrons. The smallest absolute Gasteiger partial charge is 0.490 e. The monoisotopic (exact) mass is 1630 g/mol. The summed E-state index contributed by atoms with van der Waals surface area (Å²) in [6.45, 7) is 27.1. The van der Waals surface area contributed by atoms with E-state index >= 15 is 0 Å². The van der Waals surface area contributed by atoms with Crippen LogP contribution in [0.1, 0.15) is 271 Å². The van der Waals surface area contributed by atoms with Crippen molar-refractivity contribution in [1.82, 2.24) is 0 Å². The van der Waals surface area contributed by atoms with Crippen LogP contribution in [0.4, 0.5) is 39.5 Å². The molecule has 3 unspecified atom stereocenters. The Balaban J connectivity index is 0.000000170. The summed E-state index contributed by atoms with van der Waals surface area (Å²) in [5.41, 5.74) is 3.93. The fourth-order valence-corrected chi connectivity index (χ4v) is 15.8. The number of halogens is 9. The number of hydrogen-bond acceptors (Lipinski definition) is 13. The van der Waals surface area contributed by atoms with Gasteiger partial charge in [0.25, 0.3) is 0 Å². The first-order valence-electron chi connectivity index (χ1n) is 40.6. The van der Waals surface area contributed by atoms with Crippen molar-refractivity contribution < 1.29 is 106 Å². The Morgan fingerprint density at radius 2 is 0.752 bits per heavy atom. The van der Waals surface area contributed by atoms with Crippen molar-refractivity contribution in [2.45, 2.75) is 277 Å². The number of aliphatic carboxylic acids is 1. The number of aryl methyl sites for hydroxylation is 4. The number of carbonyl (C=O) groups is 3. The average Bonchev–Trinajstić information content (AvgIpc) is 1.69. The quantitative estimate of drug-likeness (QED) is 0.0587. The van der Waals surface area contributed by atoms with E-state index in [9.17, 15) is 59.0 Å². The van der Waals surface area contributed by atoms with Crippen molar-refractivity contribution in [2.24, 2.45) is 0 Å². The summed E-state index contributed by atoms with van der Waals surface area (Å²) in [7, 11) is 2.20. The van der Waals surface area contributed by atoms with Gasteiger partial charge < -0.3 is 52.3 Å². The van der Waals surface area contributed by atoms with Gasteiger partial charge in [0.15, 0.2) is 18.3 Å². The minimum atomic E-state index is -4.75. The number of ether oxygens (including phenoxy) is 8. The van der Waals surface area contributed by atoms with Gasteiger partial charge in [-0.25, -0.2) is 14.4 Å². The highest BCUT2D eigenvalue weighted by Gasteiger charge is 2.53. The van der Waals surface area contributed by atoms with Gasteiger partial charge in [-0.15, -0.1) is 0 Å². The van der Waals surface area contributed by atoms with Gasteiger partial charge in [0.2, 0.25) is 0 Å². The summed E-state index contributed by atoms with van der Waals surface area (Å²) in [5, 5.41) is 10.1. The van der Waals surface area contributed by atoms with Gasteiger partial charge >= 0.3 is 43.6 Å². The standard InChI is InChI=1S/C29H33F3O4.C28H31F3O4.C24H27F3O4.C12H21BO2/c1-28(2,3)36-26(27(33)34-4)25-22(29(30,31)32)14-13-21(18-9-6-5-7-10-18)24(25)20-12-15-23-19(17-20)11-8-16-35-23;1-27(2,3)35-25(26(32)33)24-21(28(29,30)31)13-12-20(17-8-5-4-6-9-17)23(24)19-11-14-22-18(16-19)10-7-15-34-22;1-14-8-10-17(24(25,26)27)20(21(22(28)29-5)31-23(2,3)4)19(14)16-9-11-18-15(13-16)7-6-12-30-18;1-11(2)12(3,4)15-13(14-11)10-8-6-5-7-9-10/h9,12-15,17,26H,5-8,10-11,16H2,1-4H3;8,11-14,16,25H,4-7,9-10,15H2,1-3H3,(H,32,33);8-11,13,21H,6-7,12H2,1-5H3;8H,5-7,9H2,1-4H3. The zero-order chi connectivity index (χ0) is 85.5. The van der Waals surface area contributed by atoms with Crippen LogP contribution in [-0.2, 0) is 85.2 Å². The molecule has 7 aliphatic rings. The fraction of sp³-hybridized carbons (Fsp3) is 0.516. The number of alkyl halides is 9. The minimum absolute atomic E-state index is 0.102. The van der Waals surface area contributed by atoms with Crippen LogP contribution in [0.2, 0.25) is 0 Å². The molecule has 1 saturated heterocycles. The summed E-state index contributed by atoms with van der Waals surface area (Å²) in [6, 6.07) is 23.7. The van der Waals surface area contributed by atoms with Crippen LogP contribution >= 0.6 is 0 Å². The van der Waals surface area contributed by atoms with Crippen molar-refractivity contribution in [3.05, 3.63) is 181 Å². The Morgan fingerprint density at radius 3 is 1.08 bits per heavy atom. The molecule has 6 aromatic carbocycles. The number of carboxylic acid groups (broad SMARTS) is 1. The predicted molar refractivity (Wildman–Crippen MR) is 435 cm³/mol. The molecule has 634 valence electrons. The number of carbonyl (C=O) groups excluding carboxylic acids is 2. The second kappa shape index (κ2) is 37.1. The summed E-state index contributed by atoms with van der Waals surface area (Å²) in [5.74, 6) is -1.01. The minimum Gasteiger partial charge on any atom is -0.493 e. The molecule has 6 aromatic rings. The Kier molecular flexibility index (Phi) is 28.8. The van der Waals surface area contributed by atoms with Crippen molar-refractivity contribution in [3.63, 3.8) is 0 Å². The van der Waals surface area contributed by atoms with E-state index < -0.39 is 88.2 Å². The molecule has 24 heteroatoms. The lowest BCUT2D eigenvalue weighted by molar-refractivity contribution is -0.167. The number of methoxy groups -OCH3 is 2. The predicted octanol–water partition coefficient (Wildman–Crippen LogP) is 24.4. The second-order valence-corrected chi connectivity index (χ2v) is 34.7. The molecule has 3 aliphatic carbocycles. The summed E-state index contributed by atoms with van der Waals surface area (Å²) >= 11 is 0. The Hall–Kier alpha value is -8.42. The summed E-state index contributed by atoms with van der Waals surface area (Å²) in [6.07, 6.45) is 4.24. The highest BCUT2D eigenvalue weighted by Crippen LogP contribution is 2.52. The summed E-state index contributed by atoms with van der Waals surface area (Å²) in [4.78, 5) is 38.1. The molecule has 4 heterocycles. The number of hydrogen-bond donors (Lipinski definition) is 1. The van der Waals surface area contributed by atoms with Crippen LogP contribution in [-0.4, -0.2) is 92.2 Å². The van der Waals surface area contributed by atoms with Crippen LogP contribution in [0, 0.1) is 6.92 Å². The van der Waals surface area contributed by atoms with Crippen LogP contribution in [0.25, 0.3) is 44.5 Å². The first-order chi connectivity index (χ1) is 54.8. The van der Waals surface area contributed by atoms with Gasteiger partial charge in [-0.3, -0.25) is 0 Å². The largest absolute Gasteiger partial charge is 0.493 e. The van der Waals surface area contributed by atoms with Crippen molar-refractivity contribution in [1.29, 1.82) is 0 Å². The first kappa shape index (κ1) is 90.9. The van der Waals surface area contributed by atoms with Crippen LogP contribution < -0.4 is 14.2 Å². The van der Waals surface area contributed by atoms with Crippen LogP contribution in [0.3, 0.4) is 0 Å². The Bertz CT molecular complexity index is 4640. The Labute approximate surface area is 682 Å². The van der Waals surface area contributed by atoms with E-state index in [2.05, 4.69) is 45.9 Å². The highest BCUT2D eigenvalue weighted by atomic mass is 19.4. The lowest BCUT2D eigenvalue weighted by Gasteiger charge is -2.32. The van der Waals surface area contributed by atoms with E-state index in [4.69, 9.17) is 47.2 Å². The topological polar surface area (TPSA) is 164 Å². The molecule has 4 aliphatic heterocycles. The van der Waals surface area contributed by atoms with E-state index in [0.717, 1.165) is 168 Å². The SMILES string of the molecule is CC(C)(C)OC(C(=O)O)c1c(C(F)(F)F)ccc(C2=CCCCC2)c1-c1ccc2c(c1)CCCO2.CC1(C)OB(C2=CCCCC2)OC1(C)C.COC(=O)C(OC(C)(C)C)c1c(C(F)(F)F)ccc(C)c1-c1ccc2c(c1)CCCO2.COC(=O)C(OC(C)(C)C)c1c(C(F)(F)F)ccc(C2=CCCCC2)c1-c1ccc2c(c1)CCCO2. The molecule has 1 N–H and O–H groups in total. The van der Waals surface area contributed by atoms with E-state index in [1.165, 1.54) is 36.9 Å². The Morgan fingerprint density at radius 1 is 0.419 bits per heavy atom. The lowest BCUT2D eigenvalue weighted by Crippen LogP contribution is -2.41. The maximum absolute atomic E-state index is 14.5. The van der Waals surface area contributed by atoms with Gasteiger partial charge in [0.1, 0.15) is 17.2 Å².